The van der Waals surface area contributed by atoms with Crippen molar-refractivity contribution in [3.8, 4) is 0 Å². The molecule has 1 aliphatic heterocycles. The van der Waals surface area contributed by atoms with E-state index in [1.807, 2.05) is 30.7 Å². The highest BCUT2D eigenvalue weighted by Crippen LogP contribution is 2.27. The summed E-state index contributed by atoms with van der Waals surface area (Å²) < 4.78 is 0. The number of aliphatic imine (C=N–C) groups is 1. The molecule has 0 spiro atoms. The standard InChI is InChI=1S/C12H12N2/c1-9(2)12-8-14-5-3-10-7-13-6-4-11(10)12/h3-4,6-9H,1-2H3. The normalized spacial score (nSPS) is 13.8. The second kappa shape index (κ2) is 3.60. The number of rotatable bonds is 1. The van der Waals surface area contributed by atoms with E-state index in [0.717, 1.165) is 5.56 Å². The molecular weight excluding hydrogens is 172 g/mol. The van der Waals surface area contributed by atoms with E-state index >= 15 is 0 Å². The van der Waals surface area contributed by atoms with Gasteiger partial charge in [0.25, 0.3) is 0 Å². The fourth-order valence-corrected chi connectivity index (χ4v) is 1.53. The summed E-state index contributed by atoms with van der Waals surface area (Å²) in [6.07, 6.45) is 7.41. The first-order valence-corrected chi connectivity index (χ1v) is 4.72. The zero-order valence-corrected chi connectivity index (χ0v) is 8.36. The van der Waals surface area contributed by atoms with Crippen LogP contribution in [0.2, 0.25) is 0 Å². The van der Waals surface area contributed by atoms with Crippen LogP contribution in [0.3, 0.4) is 0 Å². The van der Waals surface area contributed by atoms with Gasteiger partial charge in [-0.25, -0.2) is 4.99 Å². The van der Waals surface area contributed by atoms with Crippen LogP contribution in [0.15, 0.2) is 29.7 Å². The van der Waals surface area contributed by atoms with E-state index < -0.39 is 0 Å². The summed E-state index contributed by atoms with van der Waals surface area (Å²) >= 11 is 0. The van der Waals surface area contributed by atoms with Gasteiger partial charge < -0.3 is 0 Å². The van der Waals surface area contributed by atoms with Gasteiger partial charge in [0.2, 0.25) is 0 Å². The third kappa shape index (κ3) is 1.52. The van der Waals surface area contributed by atoms with Crippen LogP contribution < -0.4 is 0 Å². The quantitative estimate of drug-likeness (QED) is 0.658. The largest absolute Gasteiger partial charge is 0.264 e. The first-order chi connectivity index (χ1) is 6.79. The SMILES string of the molecule is CC(C)C1=CN=C=Cc2cnccc21. The highest BCUT2D eigenvalue weighted by Gasteiger charge is 2.10. The van der Waals surface area contributed by atoms with E-state index in [-0.39, 0.29) is 0 Å². The van der Waals surface area contributed by atoms with Gasteiger partial charge in [-0.2, -0.15) is 0 Å². The third-order valence-corrected chi connectivity index (χ3v) is 2.28. The van der Waals surface area contributed by atoms with Crippen LogP contribution in [0, 0.1) is 5.92 Å². The highest BCUT2D eigenvalue weighted by molar-refractivity contribution is 5.87. The minimum absolute atomic E-state index is 0.466. The Balaban J connectivity index is 2.61. The molecule has 2 heteroatoms. The van der Waals surface area contributed by atoms with E-state index in [9.17, 15) is 0 Å². The summed E-state index contributed by atoms with van der Waals surface area (Å²) in [5.41, 5.74) is 3.54. The first kappa shape index (κ1) is 8.92. The number of aromatic nitrogens is 1. The number of allylic oxidation sites excluding steroid dienone is 1. The first-order valence-electron chi connectivity index (χ1n) is 4.72. The van der Waals surface area contributed by atoms with Gasteiger partial charge in [-0.1, -0.05) is 13.8 Å². The average molecular weight is 184 g/mol. The monoisotopic (exact) mass is 184 g/mol. The lowest BCUT2D eigenvalue weighted by atomic mass is 9.94. The Hall–Kier alpha value is -1.66. The molecule has 0 atom stereocenters. The molecule has 70 valence electrons. The minimum Gasteiger partial charge on any atom is -0.264 e. The summed E-state index contributed by atoms with van der Waals surface area (Å²) in [5, 5.41) is 0. The Morgan fingerprint density at radius 1 is 1.36 bits per heavy atom. The lowest BCUT2D eigenvalue weighted by molar-refractivity contribution is 0.852. The van der Waals surface area contributed by atoms with Crippen LogP contribution in [0.25, 0.3) is 11.6 Å². The van der Waals surface area contributed by atoms with Crippen LogP contribution in [0.5, 0.6) is 0 Å². The lowest BCUT2D eigenvalue weighted by Crippen LogP contribution is -1.96. The molecule has 14 heavy (non-hydrogen) atoms. The highest BCUT2D eigenvalue weighted by atomic mass is 14.7. The van der Waals surface area contributed by atoms with Gasteiger partial charge >= 0.3 is 0 Å². The maximum atomic E-state index is 4.09. The van der Waals surface area contributed by atoms with Crippen molar-refractivity contribution in [2.75, 3.05) is 0 Å². The van der Waals surface area contributed by atoms with E-state index in [1.54, 1.807) is 0 Å². The molecule has 0 fully saturated rings. The Morgan fingerprint density at radius 2 is 2.21 bits per heavy atom. The molecule has 2 heterocycles. The zero-order valence-electron chi connectivity index (χ0n) is 8.36. The molecule has 0 aromatic carbocycles. The number of hydrogen-bond donors (Lipinski definition) is 0. The third-order valence-electron chi connectivity index (χ3n) is 2.28. The van der Waals surface area contributed by atoms with Gasteiger partial charge in [-0.15, -0.1) is 0 Å². The Morgan fingerprint density at radius 3 is 3.00 bits per heavy atom. The molecule has 2 rings (SSSR count). The molecule has 0 radical (unpaired) electrons. The maximum absolute atomic E-state index is 4.09. The predicted molar refractivity (Wildman–Crippen MR) is 59.0 cm³/mol. The molecular formula is C12H12N2. The molecule has 0 aliphatic carbocycles. The molecule has 0 bridgehead atoms. The molecule has 0 saturated carbocycles. The van der Waals surface area contributed by atoms with Crippen molar-refractivity contribution in [2.24, 2.45) is 10.9 Å². The van der Waals surface area contributed by atoms with Crippen LogP contribution in [0.4, 0.5) is 0 Å². The van der Waals surface area contributed by atoms with E-state index in [2.05, 4.69) is 29.7 Å². The summed E-state index contributed by atoms with van der Waals surface area (Å²) in [6.45, 7) is 4.33. The number of nitrogens with zero attached hydrogens (tertiary/aromatic N) is 2. The average Bonchev–Trinajstić information content (AvgIpc) is 2.39. The van der Waals surface area contributed by atoms with Crippen molar-refractivity contribution in [2.45, 2.75) is 13.8 Å². The number of hydrogen-bond acceptors (Lipinski definition) is 2. The Labute approximate surface area is 83.7 Å². The molecule has 1 aromatic rings. The molecule has 0 N–H and O–H groups in total. The Kier molecular flexibility index (Phi) is 2.30. The predicted octanol–water partition coefficient (Wildman–Crippen LogP) is 2.78. The lowest BCUT2D eigenvalue weighted by Gasteiger charge is -2.11. The number of fused-ring (bicyclic) bond motifs is 1. The molecule has 0 saturated heterocycles. The van der Waals surface area contributed by atoms with Crippen molar-refractivity contribution in [3.05, 3.63) is 35.8 Å². The van der Waals surface area contributed by atoms with Crippen LogP contribution in [-0.2, 0) is 0 Å². The zero-order chi connectivity index (χ0) is 9.97. The van der Waals surface area contributed by atoms with Crippen LogP contribution >= 0.6 is 0 Å². The van der Waals surface area contributed by atoms with Gasteiger partial charge in [0.1, 0.15) is 0 Å². The number of pyridine rings is 1. The summed E-state index contributed by atoms with van der Waals surface area (Å²) in [7, 11) is 0. The van der Waals surface area contributed by atoms with Crippen molar-refractivity contribution in [1.29, 1.82) is 0 Å². The Bertz CT molecular complexity index is 435. The van der Waals surface area contributed by atoms with Crippen LogP contribution in [-0.4, -0.2) is 10.9 Å². The van der Waals surface area contributed by atoms with Crippen molar-refractivity contribution in [1.82, 2.24) is 4.98 Å². The fraction of sp³-hybridized carbons (Fsp3) is 0.250. The van der Waals surface area contributed by atoms with Gasteiger partial charge in [0.15, 0.2) is 0 Å². The smallest absolute Gasteiger partial charge is 0.0409 e. The van der Waals surface area contributed by atoms with Gasteiger partial charge in [0, 0.05) is 30.2 Å². The van der Waals surface area contributed by atoms with Crippen molar-refractivity contribution in [3.63, 3.8) is 0 Å². The molecule has 0 unspecified atom stereocenters. The molecule has 1 aromatic heterocycles. The minimum atomic E-state index is 0.466. The van der Waals surface area contributed by atoms with E-state index in [1.165, 1.54) is 11.1 Å². The topological polar surface area (TPSA) is 25.2 Å². The van der Waals surface area contributed by atoms with E-state index in [4.69, 9.17) is 0 Å². The summed E-state index contributed by atoms with van der Waals surface area (Å²) in [5.74, 6) is 3.34. The summed E-state index contributed by atoms with van der Waals surface area (Å²) in [4.78, 5) is 8.19. The van der Waals surface area contributed by atoms with E-state index in [0.29, 0.717) is 5.92 Å². The van der Waals surface area contributed by atoms with Crippen molar-refractivity contribution >= 4 is 17.5 Å². The van der Waals surface area contributed by atoms with Gasteiger partial charge in [0.05, 0.1) is 0 Å². The molecule has 0 amide bonds. The maximum Gasteiger partial charge on any atom is 0.0409 e. The molecule has 2 nitrogen and oxygen atoms in total. The summed E-state index contributed by atoms with van der Waals surface area (Å²) in [6, 6.07) is 2.03. The molecule has 1 aliphatic rings. The fourth-order valence-electron chi connectivity index (χ4n) is 1.53. The van der Waals surface area contributed by atoms with Crippen molar-refractivity contribution < 1.29 is 0 Å². The second-order valence-corrected chi connectivity index (χ2v) is 3.60. The van der Waals surface area contributed by atoms with Gasteiger partial charge in [-0.3, -0.25) is 4.98 Å². The second-order valence-electron chi connectivity index (χ2n) is 3.60. The van der Waals surface area contributed by atoms with Gasteiger partial charge in [-0.05, 0) is 29.0 Å². The van der Waals surface area contributed by atoms with Crippen LogP contribution in [0.1, 0.15) is 25.0 Å².